The number of aromatic amines is 1. The summed E-state index contributed by atoms with van der Waals surface area (Å²) in [5.41, 5.74) is 5.51. The molecule has 0 fully saturated rings. The second-order valence-electron chi connectivity index (χ2n) is 8.30. The molecule has 34 heavy (non-hydrogen) atoms. The van der Waals surface area contributed by atoms with Gasteiger partial charge < -0.3 is 14.5 Å². The van der Waals surface area contributed by atoms with Gasteiger partial charge in [-0.1, -0.05) is 0 Å². The number of nitrogens with one attached hydrogen (secondary N) is 2. The van der Waals surface area contributed by atoms with E-state index in [0.29, 0.717) is 22.4 Å². The lowest BCUT2D eigenvalue weighted by Gasteiger charge is -2.19. The summed E-state index contributed by atoms with van der Waals surface area (Å²) in [6.07, 6.45) is -0.245. The summed E-state index contributed by atoms with van der Waals surface area (Å²) in [6.45, 7) is 11.8. The van der Waals surface area contributed by atoms with Gasteiger partial charge in [-0.3, -0.25) is 9.59 Å². The standard InChI is InChI=1S/C24H32N2O7S/c1-12-13(2)15(4)23(16(5)14(12)3)34(30,31)25-10-9-20(28)33-11-19(27)22-17(6)21(18(7)26-22)24(29)32-8/h25-26H,9-11H2,1-8H3. The van der Waals surface area contributed by atoms with E-state index in [1.54, 1.807) is 27.7 Å². The summed E-state index contributed by atoms with van der Waals surface area (Å²) in [5, 5.41) is 0. The van der Waals surface area contributed by atoms with E-state index in [2.05, 4.69) is 9.71 Å². The van der Waals surface area contributed by atoms with Gasteiger partial charge in [0.25, 0.3) is 0 Å². The lowest BCUT2D eigenvalue weighted by molar-refractivity contribution is -0.142. The van der Waals surface area contributed by atoms with Crippen LogP contribution in [0.3, 0.4) is 0 Å². The third-order valence-electron chi connectivity index (χ3n) is 6.29. The molecule has 0 spiro atoms. The molecule has 9 nitrogen and oxygen atoms in total. The van der Waals surface area contributed by atoms with Crippen LogP contribution in [0.15, 0.2) is 4.90 Å². The monoisotopic (exact) mass is 492 g/mol. The maximum absolute atomic E-state index is 12.9. The van der Waals surface area contributed by atoms with Crippen molar-refractivity contribution in [3.8, 4) is 0 Å². The van der Waals surface area contributed by atoms with Crippen molar-refractivity contribution in [3.05, 3.63) is 50.3 Å². The number of hydrogen-bond acceptors (Lipinski definition) is 7. The number of carbonyl (C=O) groups excluding carboxylic acids is 3. The summed E-state index contributed by atoms with van der Waals surface area (Å²) >= 11 is 0. The van der Waals surface area contributed by atoms with Crippen LogP contribution in [0.4, 0.5) is 0 Å². The average Bonchev–Trinajstić information content (AvgIpc) is 3.07. The Bertz CT molecular complexity index is 1230. The number of benzene rings is 1. The van der Waals surface area contributed by atoms with E-state index in [4.69, 9.17) is 9.47 Å². The largest absolute Gasteiger partial charge is 0.465 e. The molecule has 0 aliphatic rings. The molecule has 1 aromatic heterocycles. The van der Waals surface area contributed by atoms with Crippen LogP contribution in [0.2, 0.25) is 0 Å². The third kappa shape index (κ3) is 5.39. The molecule has 2 rings (SSSR count). The molecule has 2 aromatic rings. The second kappa shape index (κ2) is 10.5. The molecule has 0 bridgehead atoms. The van der Waals surface area contributed by atoms with Crippen molar-refractivity contribution in [2.24, 2.45) is 0 Å². The number of H-pyrrole nitrogens is 1. The number of rotatable bonds is 9. The minimum Gasteiger partial charge on any atom is -0.465 e. The normalized spacial score (nSPS) is 11.4. The number of carbonyl (C=O) groups is 3. The number of ketones is 1. The highest BCUT2D eigenvalue weighted by Crippen LogP contribution is 2.29. The van der Waals surface area contributed by atoms with Crippen molar-refractivity contribution in [2.75, 3.05) is 20.3 Å². The lowest BCUT2D eigenvalue weighted by Crippen LogP contribution is -2.29. The molecule has 0 saturated carbocycles. The molecule has 0 aliphatic heterocycles. The van der Waals surface area contributed by atoms with Crippen molar-refractivity contribution in [2.45, 2.75) is 59.8 Å². The van der Waals surface area contributed by atoms with Crippen molar-refractivity contribution in [1.29, 1.82) is 0 Å². The van der Waals surface area contributed by atoms with E-state index < -0.39 is 34.4 Å². The molecule has 1 aromatic carbocycles. The van der Waals surface area contributed by atoms with Crippen LogP contribution in [-0.2, 0) is 24.3 Å². The fourth-order valence-electron chi connectivity index (χ4n) is 3.96. The maximum atomic E-state index is 12.9. The average molecular weight is 493 g/mol. The van der Waals surface area contributed by atoms with Crippen LogP contribution in [0.1, 0.15) is 66.3 Å². The van der Waals surface area contributed by atoms with Crippen LogP contribution in [0.5, 0.6) is 0 Å². The van der Waals surface area contributed by atoms with Gasteiger partial charge in [0.15, 0.2) is 6.61 Å². The predicted molar refractivity (Wildman–Crippen MR) is 127 cm³/mol. The van der Waals surface area contributed by atoms with Gasteiger partial charge in [-0.05, 0) is 81.8 Å². The van der Waals surface area contributed by atoms with Crippen LogP contribution in [0, 0.1) is 48.5 Å². The summed E-state index contributed by atoms with van der Waals surface area (Å²) in [7, 11) is -2.60. The topological polar surface area (TPSA) is 132 Å². The predicted octanol–water partition coefficient (Wildman–Crippen LogP) is 3.05. The summed E-state index contributed by atoms with van der Waals surface area (Å²) in [4.78, 5) is 39.5. The number of aryl methyl sites for hydroxylation is 1. The number of ether oxygens (including phenoxy) is 2. The Morgan fingerprint density at radius 2 is 1.38 bits per heavy atom. The molecule has 0 amide bonds. The SMILES string of the molecule is COC(=O)c1c(C)[nH]c(C(=O)COC(=O)CCNS(=O)(=O)c2c(C)c(C)c(C)c(C)c2C)c1C. The molecule has 0 aliphatic carbocycles. The molecule has 0 radical (unpaired) electrons. The highest BCUT2D eigenvalue weighted by atomic mass is 32.2. The van der Waals surface area contributed by atoms with Crippen molar-refractivity contribution >= 4 is 27.7 Å². The number of methoxy groups -OCH3 is 1. The quantitative estimate of drug-likeness (QED) is 0.406. The van der Waals surface area contributed by atoms with Crippen molar-refractivity contribution in [1.82, 2.24) is 9.71 Å². The Labute approximate surface area is 200 Å². The molecule has 0 unspecified atom stereocenters. The first-order chi connectivity index (χ1) is 15.7. The number of esters is 2. The minimum absolute atomic E-state index is 0.155. The molecule has 0 saturated heterocycles. The van der Waals surface area contributed by atoms with E-state index in [0.717, 1.165) is 16.7 Å². The van der Waals surface area contributed by atoms with E-state index in [1.807, 2.05) is 20.8 Å². The number of Topliss-reactive ketones (excluding diaryl/α,β-unsaturated/α-hetero) is 1. The van der Waals surface area contributed by atoms with Crippen LogP contribution < -0.4 is 4.72 Å². The van der Waals surface area contributed by atoms with Gasteiger partial charge in [0, 0.05) is 12.2 Å². The molecular weight excluding hydrogens is 460 g/mol. The highest BCUT2D eigenvalue weighted by Gasteiger charge is 2.25. The smallest absolute Gasteiger partial charge is 0.339 e. The van der Waals surface area contributed by atoms with Gasteiger partial charge in [0.05, 0.1) is 29.7 Å². The van der Waals surface area contributed by atoms with Crippen LogP contribution in [0.25, 0.3) is 0 Å². The Hall–Kier alpha value is -2.98. The van der Waals surface area contributed by atoms with Crippen LogP contribution >= 0.6 is 0 Å². The molecule has 186 valence electrons. The molecular formula is C24H32N2O7S. The zero-order chi connectivity index (χ0) is 26.0. The molecule has 1 heterocycles. The van der Waals surface area contributed by atoms with Gasteiger partial charge in [0.2, 0.25) is 15.8 Å². The van der Waals surface area contributed by atoms with Crippen molar-refractivity contribution < 1.29 is 32.3 Å². The fraction of sp³-hybridized carbons (Fsp3) is 0.458. The molecule has 0 atom stereocenters. The highest BCUT2D eigenvalue weighted by molar-refractivity contribution is 7.89. The maximum Gasteiger partial charge on any atom is 0.339 e. The van der Waals surface area contributed by atoms with Crippen LogP contribution in [-0.4, -0.2) is 51.4 Å². The van der Waals surface area contributed by atoms with Gasteiger partial charge in [-0.2, -0.15) is 0 Å². The second-order valence-corrected chi connectivity index (χ2v) is 10.0. The number of hydrogen-bond donors (Lipinski definition) is 2. The zero-order valence-corrected chi connectivity index (χ0v) is 21.7. The van der Waals surface area contributed by atoms with Gasteiger partial charge in [0.1, 0.15) is 0 Å². The number of sulfonamides is 1. The molecule has 2 N–H and O–H groups in total. The van der Waals surface area contributed by atoms with Gasteiger partial charge in [-0.15, -0.1) is 0 Å². The fourth-order valence-corrected chi connectivity index (χ4v) is 5.58. The first kappa shape index (κ1) is 27.3. The van der Waals surface area contributed by atoms with E-state index in [1.165, 1.54) is 7.11 Å². The lowest BCUT2D eigenvalue weighted by atomic mass is 9.95. The zero-order valence-electron chi connectivity index (χ0n) is 20.9. The van der Waals surface area contributed by atoms with E-state index in [-0.39, 0.29) is 29.1 Å². The Kier molecular flexibility index (Phi) is 8.44. The first-order valence-corrected chi connectivity index (χ1v) is 12.3. The first-order valence-electron chi connectivity index (χ1n) is 10.8. The van der Waals surface area contributed by atoms with Gasteiger partial charge >= 0.3 is 11.9 Å². The summed E-state index contributed by atoms with van der Waals surface area (Å²) in [5.74, 6) is -1.81. The third-order valence-corrected chi connectivity index (χ3v) is 8.03. The van der Waals surface area contributed by atoms with Crippen molar-refractivity contribution in [3.63, 3.8) is 0 Å². The van der Waals surface area contributed by atoms with Gasteiger partial charge in [-0.25, -0.2) is 17.9 Å². The Morgan fingerprint density at radius 1 is 0.853 bits per heavy atom. The summed E-state index contributed by atoms with van der Waals surface area (Å²) < 4.78 is 38.0. The molecule has 10 heteroatoms. The van der Waals surface area contributed by atoms with E-state index in [9.17, 15) is 22.8 Å². The Balaban J connectivity index is 2.00. The summed E-state index contributed by atoms with van der Waals surface area (Å²) in [6, 6.07) is 0. The minimum atomic E-state index is -3.85. The number of aromatic nitrogens is 1. The Morgan fingerprint density at radius 3 is 1.91 bits per heavy atom. The van der Waals surface area contributed by atoms with E-state index >= 15 is 0 Å².